The van der Waals surface area contributed by atoms with Gasteiger partial charge in [0.2, 0.25) is 5.88 Å². The van der Waals surface area contributed by atoms with Crippen molar-refractivity contribution >= 4 is 11.7 Å². The van der Waals surface area contributed by atoms with Gasteiger partial charge in [-0.2, -0.15) is 14.6 Å². The third-order valence-corrected chi connectivity index (χ3v) is 4.72. The van der Waals surface area contributed by atoms with Crippen LogP contribution in [-0.2, 0) is 4.79 Å². The zero-order valence-corrected chi connectivity index (χ0v) is 15.1. The average molecular weight is 372 g/mol. The molecule has 138 valence electrons. The number of fused-ring (bicyclic) bond motifs is 2. The number of aromatic nitrogens is 4. The van der Waals surface area contributed by atoms with Crippen LogP contribution in [-0.4, -0.2) is 25.6 Å². The van der Waals surface area contributed by atoms with Crippen molar-refractivity contribution in [2.24, 2.45) is 0 Å². The SMILES string of the molecule is CC1CC(=O)Oc2cc(Oc3cc(-c4ccccc4)nc4ncnn34)ccc21. The third kappa shape index (κ3) is 2.87. The van der Waals surface area contributed by atoms with Crippen molar-refractivity contribution in [3.8, 4) is 28.6 Å². The zero-order valence-electron chi connectivity index (χ0n) is 15.1. The average Bonchev–Trinajstić information content (AvgIpc) is 3.17. The standard InChI is InChI=1S/C21H16N4O3/c1-13-9-20(26)28-18-10-15(7-8-16(13)18)27-19-11-17(14-5-3-2-4-6-14)24-21-22-12-23-25(19)21/h2-8,10-13H,9H2,1H3. The van der Waals surface area contributed by atoms with Crippen LogP contribution < -0.4 is 9.47 Å². The van der Waals surface area contributed by atoms with E-state index in [1.165, 1.54) is 10.8 Å². The van der Waals surface area contributed by atoms with E-state index >= 15 is 0 Å². The molecule has 0 fully saturated rings. The summed E-state index contributed by atoms with van der Waals surface area (Å²) in [6, 6.07) is 17.1. The highest BCUT2D eigenvalue weighted by Crippen LogP contribution is 2.37. The molecule has 1 atom stereocenters. The molecule has 28 heavy (non-hydrogen) atoms. The summed E-state index contributed by atoms with van der Waals surface area (Å²) in [5.41, 5.74) is 2.68. The molecule has 0 saturated carbocycles. The van der Waals surface area contributed by atoms with Gasteiger partial charge < -0.3 is 9.47 Å². The lowest BCUT2D eigenvalue weighted by molar-refractivity contribution is -0.135. The number of rotatable bonds is 3. The summed E-state index contributed by atoms with van der Waals surface area (Å²) in [5, 5.41) is 4.19. The molecular formula is C21H16N4O3. The quantitative estimate of drug-likeness (QED) is 0.400. The van der Waals surface area contributed by atoms with Gasteiger partial charge in [0.05, 0.1) is 12.1 Å². The van der Waals surface area contributed by atoms with Crippen molar-refractivity contribution in [3.63, 3.8) is 0 Å². The topological polar surface area (TPSA) is 78.6 Å². The predicted octanol–water partition coefficient (Wildman–Crippen LogP) is 4.00. The van der Waals surface area contributed by atoms with E-state index in [1.54, 1.807) is 6.07 Å². The van der Waals surface area contributed by atoms with E-state index in [0.717, 1.165) is 16.8 Å². The maximum atomic E-state index is 11.8. The van der Waals surface area contributed by atoms with Crippen LogP contribution >= 0.6 is 0 Å². The van der Waals surface area contributed by atoms with Gasteiger partial charge in [-0.15, -0.1) is 0 Å². The smallest absolute Gasteiger partial charge is 0.311 e. The molecule has 0 aliphatic carbocycles. The van der Waals surface area contributed by atoms with Crippen LogP contribution in [0, 0.1) is 0 Å². The fourth-order valence-corrected chi connectivity index (χ4v) is 3.33. The van der Waals surface area contributed by atoms with Crippen LogP contribution in [0.2, 0.25) is 0 Å². The first-order valence-electron chi connectivity index (χ1n) is 8.96. The minimum absolute atomic E-state index is 0.123. The highest BCUT2D eigenvalue weighted by Gasteiger charge is 2.24. The molecule has 2 aromatic heterocycles. The number of benzene rings is 2. The molecule has 1 aliphatic heterocycles. The monoisotopic (exact) mass is 372 g/mol. The largest absolute Gasteiger partial charge is 0.439 e. The maximum Gasteiger partial charge on any atom is 0.311 e. The lowest BCUT2D eigenvalue weighted by atomic mass is 9.95. The van der Waals surface area contributed by atoms with Crippen molar-refractivity contribution in [2.75, 3.05) is 0 Å². The van der Waals surface area contributed by atoms with Gasteiger partial charge in [-0.1, -0.05) is 43.3 Å². The Bertz CT molecular complexity index is 1190. The summed E-state index contributed by atoms with van der Waals surface area (Å²) in [6.45, 7) is 2.01. The molecule has 4 aromatic rings. The molecule has 0 saturated heterocycles. The molecule has 3 heterocycles. The van der Waals surface area contributed by atoms with Crippen LogP contribution in [0.15, 0.2) is 60.9 Å². The van der Waals surface area contributed by atoms with Crippen LogP contribution in [0.25, 0.3) is 17.0 Å². The van der Waals surface area contributed by atoms with Gasteiger partial charge in [-0.05, 0) is 17.5 Å². The second kappa shape index (κ2) is 6.45. The molecular weight excluding hydrogens is 356 g/mol. The van der Waals surface area contributed by atoms with Gasteiger partial charge in [0.15, 0.2) is 0 Å². The van der Waals surface area contributed by atoms with E-state index in [4.69, 9.17) is 9.47 Å². The van der Waals surface area contributed by atoms with Gasteiger partial charge in [0.25, 0.3) is 5.78 Å². The number of hydrogen-bond acceptors (Lipinski definition) is 6. The fourth-order valence-electron chi connectivity index (χ4n) is 3.33. The minimum atomic E-state index is -0.230. The number of hydrogen-bond donors (Lipinski definition) is 0. The minimum Gasteiger partial charge on any atom is -0.439 e. The van der Waals surface area contributed by atoms with Crippen molar-refractivity contribution < 1.29 is 14.3 Å². The van der Waals surface area contributed by atoms with E-state index in [0.29, 0.717) is 29.6 Å². The van der Waals surface area contributed by atoms with Crippen molar-refractivity contribution in [1.82, 2.24) is 19.6 Å². The van der Waals surface area contributed by atoms with E-state index in [-0.39, 0.29) is 11.9 Å². The van der Waals surface area contributed by atoms with Crippen LogP contribution in [0.1, 0.15) is 24.8 Å². The van der Waals surface area contributed by atoms with Gasteiger partial charge in [0, 0.05) is 17.7 Å². The van der Waals surface area contributed by atoms with Gasteiger partial charge in [0.1, 0.15) is 17.8 Å². The molecule has 0 radical (unpaired) electrons. The molecule has 0 N–H and O–H groups in total. The Kier molecular flexibility index (Phi) is 3.79. The van der Waals surface area contributed by atoms with Crippen LogP contribution in [0.3, 0.4) is 0 Å². The summed E-state index contributed by atoms with van der Waals surface area (Å²) in [4.78, 5) is 20.5. The second-order valence-corrected chi connectivity index (χ2v) is 6.70. The summed E-state index contributed by atoms with van der Waals surface area (Å²) in [6.07, 6.45) is 1.82. The molecule has 1 unspecified atom stereocenters. The van der Waals surface area contributed by atoms with Crippen molar-refractivity contribution in [1.29, 1.82) is 0 Å². The zero-order chi connectivity index (χ0) is 19.1. The molecule has 0 amide bonds. The highest BCUT2D eigenvalue weighted by molar-refractivity contribution is 5.76. The first-order valence-corrected chi connectivity index (χ1v) is 8.96. The first-order chi connectivity index (χ1) is 13.7. The van der Waals surface area contributed by atoms with Crippen LogP contribution in [0.5, 0.6) is 17.4 Å². The Morgan fingerprint density at radius 1 is 1.14 bits per heavy atom. The number of ether oxygens (including phenoxy) is 2. The third-order valence-electron chi connectivity index (χ3n) is 4.72. The Morgan fingerprint density at radius 2 is 2.00 bits per heavy atom. The summed E-state index contributed by atoms with van der Waals surface area (Å²) >= 11 is 0. The summed E-state index contributed by atoms with van der Waals surface area (Å²) < 4.78 is 13.0. The Labute approximate surface area is 160 Å². The van der Waals surface area contributed by atoms with E-state index < -0.39 is 0 Å². The maximum absolute atomic E-state index is 11.8. The number of carbonyl (C=O) groups excluding carboxylic acids is 1. The lowest BCUT2D eigenvalue weighted by Gasteiger charge is -2.21. The summed E-state index contributed by atoms with van der Waals surface area (Å²) in [5.74, 6) is 1.88. The molecule has 5 rings (SSSR count). The predicted molar refractivity (Wildman–Crippen MR) is 101 cm³/mol. The second-order valence-electron chi connectivity index (χ2n) is 6.70. The summed E-state index contributed by atoms with van der Waals surface area (Å²) in [7, 11) is 0. The molecule has 0 spiro atoms. The molecule has 2 aromatic carbocycles. The highest BCUT2D eigenvalue weighted by atomic mass is 16.5. The number of carbonyl (C=O) groups is 1. The number of nitrogens with zero attached hydrogens (tertiary/aromatic N) is 4. The van der Waals surface area contributed by atoms with E-state index in [1.807, 2.05) is 55.5 Å². The Balaban J connectivity index is 1.56. The molecule has 0 bridgehead atoms. The van der Waals surface area contributed by atoms with Gasteiger partial charge >= 0.3 is 5.97 Å². The van der Waals surface area contributed by atoms with Crippen molar-refractivity contribution in [3.05, 3.63) is 66.5 Å². The first kappa shape index (κ1) is 16.4. The van der Waals surface area contributed by atoms with E-state index in [9.17, 15) is 4.79 Å². The number of esters is 1. The normalized spacial score (nSPS) is 15.9. The Hall–Kier alpha value is -3.74. The molecule has 1 aliphatic rings. The molecule has 7 nitrogen and oxygen atoms in total. The van der Waals surface area contributed by atoms with E-state index in [2.05, 4.69) is 15.1 Å². The van der Waals surface area contributed by atoms with Crippen LogP contribution in [0.4, 0.5) is 0 Å². The van der Waals surface area contributed by atoms with Crippen molar-refractivity contribution in [2.45, 2.75) is 19.3 Å². The Morgan fingerprint density at radius 3 is 2.86 bits per heavy atom. The fraction of sp³-hybridized carbons (Fsp3) is 0.143. The molecule has 7 heteroatoms. The van der Waals surface area contributed by atoms with Gasteiger partial charge in [-0.3, -0.25) is 4.79 Å². The van der Waals surface area contributed by atoms with Gasteiger partial charge in [-0.25, -0.2) is 4.98 Å². The lowest BCUT2D eigenvalue weighted by Crippen LogP contribution is -2.18.